The molecule has 0 N–H and O–H groups in total. The minimum absolute atomic E-state index is 0.0473. The second-order valence-electron chi connectivity index (χ2n) is 6.55. The summed E-state index contributed by atoms with van der Waals surface area (Å²) in [6, 6.07) is 9.90. The molecule has 0 amide bonds. The highest BCUT2D eigenvalue weighted by molar-refractivity contribution is 7.92. The standard InChI is InChI=1S/C18H19N3O2S/c1-12-4-7-18-19-16(11-20(18)10-12)14-5-6-17-15(9-14)8-13(2)21(17)24(3,22)23/h4-7,9-11,13H,8H2,1-3H3. The van der Waals surface area contributed by atoms with Gasteiger partial charge < -0.3 is 4.40 Å². The minimum Gasteiger partial charge on any atom is -0.306 e. The Kier molecular flexibility index (Phi) is 3.22. The Labute approximate surface area is 141 Å². The van der Waals surface area contributed by atoms with Crippen LogP contribution in [0.1, 0.15) is 18.1 Å². The topological polar surface area (TPSA) is 54.7 Å². The number of sulfonamides is 1. The zero-order valence-electron chi connectivity index (χ0n) is 13.9. The van der Waals surface area contributed by atoms with Crippen LogP contribution in [-0.4, -0.2) is 30.1 Å². The normalized spacial score (nSPS) is 17.5. The second kappa shape index (κ2) is 5.08. The molecule has 3 aromatic rings. The van der Waals surface area contributed by atoms with Crippen LogP contribution in [0.2, 0.25) is 0 Å². The van der Waals surface area contributed by atoms with Gasteiger partial charge in [0.15, 0.2) is 0 Å². The second-order valence-corrected chi connectivity index (χ2v) is 8.41. The van der Waals surface area contributed by atoms with Crippen molar-refractivity contribution in [2.45, 2.75) is 26.3 Å². The average Bonchev–Trinajstić information content (AvgIpc) is 3.04. The predicted molar refractivity (Wildman–Crippen MR) is 95.9 cm³/mol. The maximum Gasteiger partial charge on any atom is 0.232 e. The van der Waals surface area contributed by atoms with Crippen LogP contribution in [0, 0.1) is 6.92 Å². The van der Waals surface area contributed by atoms with Crippen molar-refractivity contribution >= 4 is 21.4 Å². The lowest BCUT2D eigenvalue weighted by atomic mass is 10.1. The van der Waals surface area contributed by atoms with E-state index in [2.05, 4.69) is 18.0 Å². The molecular formula is C18H19N3O2S. The van der Waals surface area contributed by atoms with Gasteiger partial charge in [0, 0.05) is 24.0 Å². The van der Waals surface area contributed by atoms with Crippen LogP contribution in [0.4, 0.5) is 5.69 Å². The van der Waals surface area contributed by atoms with Crippen LogP contribution < -0.4 is 4.31 Å². The summed E-state index contributed by atoms with van der Waals surface area (Å²) in [6.07, 6.45) is 6.04. The van der Waals surface area contributed by atoms with Gasteiger partial charge in [-0.15, -0.1) is 0 Å². The summed E-state index contributed by atoms with van der Waals surface area (Å²) < 4.78 is 27.6. The van der Waals surface area contributed by atoms with E-state index >= 15 is 0 Å². The third-order valence-electron chi connectivity index (χ3n) is 4.48. The Balaban J connectivity index is 1.80. The van der Waals surface area contributed by atoms with Gasteiger partial charge in [-0.25, -0.2) is 13.4 Å². The monoisotopic (exact) mass is 341 g/mol. The molecule has 0 saturated carbocycles. The van der Waals surface area contributed by atoms with E-state index < -0.39 is 10.0 Å². The molecule has 1 aliphatic rings. The summed E-state index contributed by atoms with van der Waals surface area (Å²) >= 11 is 0. The van der Waals surface area contributed by atoms with Gasteiger partial charge in [-0.1, -0.05) is 12.1 Å². The lowest BCUT2D eigenvalue weighted by Gasteiger charge is -2.21. The molecule has 4 rings (SSSR count). The zero-order valence-corrected chi connectivity index (χ0v) is 14.7. The van der Waals surface area contributed by atoms with Crippen molar-refractivity contribution in [1.82, 2.24) is 9.38 Å². The fraction of sp³-hybridized carbons (Fsp3) is 0.278. The van der Waals surface area contributed by atoms with Gasteiger partial charge in [0.2, 0.25) is 10.0 Å². The third kappa shape index (κ3) is 2.38. The average molecular weight is 341 g/mol. The van der Waals surface area contributed by atoms with Crippen molar-refractivity contribution in [3.05, 3.63) is 53.9 Å². The number of nitrogens with zero attached hydrogens (tertiary/aromatic N) is 3. The predicted octanol–water partition coefficient (Wildman–Crippen LogP) is 3.02. The van der Waals surface area contributed by atoms with Gasteiger partial charge >= 0.3 is 0 Å². The summed E-state index contributed by atoms with van der Waals surface area (Å²) in [5.41, 5.74) is 5.83. The third-order valence-corrected chi connectivity index (χ3v) is 5.76. The Hall–Kier alpha value is -2.34. The maximum atomic E-state index is 12.0. The number of rotatable bonds is 2. The molecule has 0 aliphatic carbocycles. The lowest BCUT2D eigenvalue weighted by Crippen LogP contribution is -2.34. The molecule has 0 saturated heterocycles. The molecule has 1 aliphatic heterocycles. The van der Waals surface area contributed by atoms with Crippen LogP contribution in [-0.2, 0) is 16.4 Å². The summed E-state index contributed by atoms with van der Waals surface area (Å²) in [5, 5.41) is 0. The highest BCUT2D eigenvalue weighted by Gasteiger charge is 2.32. The lowest BCUT2D eigenvalue weighted by molar-refractivity contribution is 0.590. The molecule has 1 aromatic carbocycles. The van der Waals surface area contributed by atoms with E-state index in [1.54, 1.807) is 0 Å². The van der Waals surface area contributed by atoms with Gasteiger partial charge in [0.25, 0.3) is 0 Å². The number of pyridine rings is 1. The summed E-state index contributed by atoms with van der Waals surface area (Å²) in [6.45, 7) is 3.99. The van der Waals surface area contributed by atoms with E-state index in [0.29, 0.717) is 0 Å². The molecule has 0 spiro atoms. The van der Waals surface area contributed by atoms with E-state index in [4.69, 9.17) is 0 Å². The largest absolute Gasteiger partial charge is 0.306 e. The van der Waals surface area contributed by atoms with Crippen LogP contribution in [0.3, 0.4) is 0 Å². The van der Waals surface area contributed by atoms with E-state index in [0.717, 1.165) is 34.6 Å². The van der Waals surface area contributed by atoms with Crippen molar-refractivity contribution in [1.29, 1.82) is 0 Å². The van der Waals surface area contributed by atoms with Crippen LogP contribution in [0.15, 0.2) is 42.7 Å². The Morgan fingerprint density at radius 3 is 2.71 bits per heavy atom. The molecule has 0 radical (unpaired) electrons. The van der Waals surface area contributed by atoms with Crippen molar-refractivity contribution in [2.24, 2.45) is 0 Å². The molecule has 1 atom stereocenters. The van der Waals surface area contributed by atoms with Gasteiger partial charge in [0.1, 0.15) is 5.65 Å². The highest BCUT2D eigenvalue weighted by Crippen LogP contribution is 2.36. The smallest absolute Gasteiger partial charge is 0.232 e. The first kappa shape index (κ1) is 15.2. The van der Waals surface area contributed by atoms with Crippen molar-refractivity contribution in [3.8, 4) is 11.3 Å². The molecule has 6 heteroatoms. The molecule has 124 valence electrons. The fourth-order valence-electron chi connectivity index (χ4n) is 3.51. The SMILES string of the molecule is Cc1ccc2nc(-c3ccc4c(c3)CC(C)N4S(C)(=O)=O)cn2c1. The molecule has 5 nitrogen and oxygen atoms in total. The number of aryl methyl sites for hydroxylation is 1. The van der Waals surface area contributed by atoms with Crippen LogP contribution in [0.5, 0.6) is 0 Å². The van der Waals surface area contributed by atoms with Gasteiger partial charge in [0.05, 0.1) is 17.6 Å². The molecule has 0 bridgehead atoms. The van der Waals surface area contributed by atoms with Gasteiger partial charge in [-0.3, -0.25) is 4.31 Å². The molecule has 24 heavy (non-hydrogen) atoms. The number of hydrogen-bond donors (Lipinski definition) is 0. The molecule has 0 fully saturated rings. The number of anilines is 1. The van der Waals surface area contributed by atoms with Crippen molar-refractivity contribution in [3.63, 3.8) is 0 Å². The fourth-order valence-corrected chi connectivity index (χ4v) is 4.77. The first-order valence-corrected chi connectivity index (χ1v) is 9.76. The van der Waals surface area contributed by atoms with Crippen molar-refractivity contribution in [2.75, 3.05) is 10.6 Å². The van der Waals surface area contributed by atoms with Gasteiger partial charge in [-0.05, 0) is 49.6 Å². The molecule has 3 heterocycles. The minimum atomic E-state index is -3.25. The van der Waals surface area contributed by atoms with Crippen LogP contribution >= 0.6 is 0 Å². The van der Waals surface area contributed by atoms with Crippen molar-refractivity contribution < 1.29 is 8.42 Å². The molecular weight excluding hydrogens is 322 g/mol. The quantitative estimate of drug-likeness (QED) is 0.720. The summed E-state index contributed by atoms with van der Waals surface area (Å²) in [4.78, 5) is 4.67. The number of benzene rings is 1. The molecule has 2 aromatic heterocycles. The summed E-state index contributed by atoms with van der Waals surface area (Å²) in [5.74, 6) is 0. The van der Waals surface area contributed by atoms with E-state index in [1.165, 1.54) is 16.1 Å². The number of aromatic nitrogens is 2. The highest BCUT2D eigenvalue weighted by atomic mass is 32.2. The first-order valence-electron chi connectivity index (χ1n) is 7.91. The van der Waals surface area contributed by atoms with Crippen LogP contribution in [0.25, 0.3) is 16.9 Å². The first-order chi connectivity index (χ1) is 11.3. The van der Waals surface area contributed by atoms with E-state index in [-0.39, 0.29) is 6.04 Å². The number of imidazole rings is 1. The number of hydrogen-bond acceptors (Lipinski definition) is 3. The Bertz CT molecular complexity index is 1050. The van der Waals surface area contributed by atoms with E-state index in [9.17, 15) is 8.42 Å². The summed E-state index contributed by atoms with van der Waals surface area (Å²) in [7, 11) is -3.25. The van der Waals surface area contributed by atoms with E-state index in [1.807, 2.05) is 48.0 Å². The van der Waals surface area contributed by atoms with Gasteiger partial charge in [-0.2, -0.15) is 0 Å². The zero-order chi connectivity index (χ0) is 17.1. The molecule has 1 unspecified atom stereocenters. The maximum absolute atomic E-state index is 12.0. The Morgan fingerprint density at radius 2 is 1.96 bits per heavy atom. The number of fused-ring (bicyclic) bond motifs is 2. The Morgan fingerprint density at radius 1 is 1.17 bits per heavy atom.